The van der Waals surface area contributed by atoms with Gasteiger partial charge in [0.2, 0.25) is 0 Å². The van der Waals surface area contributed by atoms with Gasteiger partial charge in [0.15, 0.2) is 0 Å². The molecule has 15 heavy (non-hydrogen) atoms. The molecule has 0 bridgehead atoms. The summed E-state index contributed by atoms with van der Waals surface area (Å²) in [4.78, 5) is 2.42. The minimum absolute atomic E-state index is 0.852. The number of benzene rings is 1. The van der Waals surface area contributed by atoms with Gasteiger partial charge in [0.05, 0.1) is 0 Å². The second-order valence-corrected chi connectivity index (χ2v) is 3.94. The van der Waals surface area contributed by atoms with Crippen molar-refractivity contribution in [2.45, 2.75) is 33.1 Å². The normalized spacial score (nSPS) is 10.3. The summed E-state index contributed by atoms with van der Waals surface area (Å²) >= 11 is 0. The Bertz CT molecular complexity index is 284. The van der Waals surface area contributed by atoms with Crippen LogP contribution in [-0.4, -0.2) is 13.1 Å². The van der Waals surface area contributed by atoms with E-state index in [0.717, 1.165) is 18.8 Å². The maximum absolute atomic E-state index is 5.79. The first-order valence-corrected chi connectivity index (χ1v) is 5.88. The molecule has 1 aromatic rings. The minimum Gasteiger partial charge on any atom is -0.399 e. The van der Waals surface area contributed by atoms with E-state index in [1.165, 1.54) is 24.9 Å². The van der Waals surface area contributed by atoms with Crippen molar-refractivity contribution in [3.8, 4) is 0 Å². The van der Waals surface area contributed by atoms with Crippen molar-refractivity contribution < 1.29 is 0 Å². The monoisotopic (exact) mass is 206 g/mol. The molecule has 1 aromatic carbocycles. The van der Waals surface area contributed by atoms with Gasteiger partial charge in [-0.25, -0.2) is 0 Å². The third-order valence-electron chi connectivity index (χ3n) is 2.51. The van der Waals surface area contributed by atoms with Gasteiger partial charge in [-0.2, -0.15) is 0 Å². The first-order valence-electron chi connectivity index (χ1n) is 5.88. The average Bonchev–Trinajstić information content (AvgIpc) is 2.24. The number of hydrogen-bond donors (Lipinski definition) is 1. The zero-order valence-corrected chi connectivity index (χ0v) is 9.87. The van der Waals surface area contributed by atoms with Gasteiger partial charge in [0.1, 0.15) is 0 Å². The molecule has 0 spiro atoms. The fraction of sp³-hybridized carbons (Fsp3) is 0.538. The molecule has 0 aliphatic heterocycles. The van der Waals surface area contributed by atoms with Crippen LogP contribution < -0.4 is 10.6 Å². The molecule has 0 unspecified atom stereocenters. The lowest BCUT2D eigenvalue weighted by molar-refractivity contribution is 0.704. The summed E-state index contributed by atoms with van der Waals surface area (Å²) in [6.45, 7) is 6.69. The Balaban J connectivity index is 2.69. The zero-order valence-electron chi connectivity index (χ0n) is 9.87. The van der Waals surface area contributed by atoms with Crippen LogP contribution in [0.2, 0.25) is 0 Å². The van der Waals surface area contributed by atoms with Gasteiger partial charge in [-0.05, 0) is 31.0 Å². The molecule has 0 amide bonds. The molecule has 2 N–H and O–H groups in total. The number of anilines is 2. The van der Waals surface area contributed by atoms with Crippen molar-refractivity contribution in [3.63, 3.8) is 0 Å². The molecular weight excluding hydrogens is 184 g/mol. The fourth-order valence-electron chi connectivity index (χ4n) is 1.71. The maximum Gasteiger partial charge on any atom is 0.0386 e. The molecule has 0 saturated carbocycles. The Morgan fingerprint density at radius 1 is 1.13 bits per heavy atom. The van der Waals surface area contributed by atoms with Gasteiger partial charge in [0.25, 0.3) is 0 Å². The summed E-state index contributed by atoms with van der Waals surface area (Å²) in [7, 11) is 0. The van der Waals surface area contributed by atoms with Gasteiger partial charge in [0, 0.05) is 24.5 Å². The van der Waals surface area contributed by atoms with E-state index in [0.29, 0.717) is 0 Å². The van der Waals surface area contributed by atoms with Crippen molar-refractivity contribution >= 4 is 11.4 Å². The number of nitrogens with zero attached hydrogens (tertiary/aromatic N) is 1. The Labute approximate surface area is 93.1 Å². The van der Waals surface area contributed by atoms with E-state index in [1.807, 2.05) is 12.1 Å². The predicted molar refractivity (Wildman–Crippen MR) is 68.3 cm³/mol. The van der Waals surface area contributed by atoms with E-state index in [4.69, 9.17) is 5.73 Å². The van der Waals surface area contributed by atoms with Crippen LogP contribution in [0.15, 0.2) is 24.3 Å². The van der Waals surface area contributed by atoms with Crippen molar-refractivity contribution in [1.82, 2.24) is 0 Å². The second kappa shape index (κ2) is 6.33. The van der Waals surface area contributed by atoms with Gasteiger partial charge in [-0.1, -0.05) is 26.3 Å². The molecule has 0 radical (unpaired) electrons. The van der Waals surface area contributed by atoms with Crippen LogP contribution in [-0.2, 0) is 0 Å². The third kappa shape index (κ3) is 3.82. The highest BCUT2D eigenvalue weighted by molar-refractivity contribution is 5.55. The van der Waals surface area contributed by atoms with Crippen LogP contribution in [0, 0.1) is 0 Å². The Hall–Kier alpha value is -1.18. The Morgan fingerprint density at radius 3 is 2.53 bits per heavy atom. The quantitative estimate of drug-likeness (QED) is 0.724. The summed E-state index contributed by atoms with van der Waals surface area (Å²) in [5.74, 6) is 0. The van der Waals surface area contributed by atoms with Crippen LogP contribution in [0.3, 0.4) is 0 Å². The van der Waals surface area contributed by atoms with E-state index in [2.05, 4.69) is 30.9 Å². The number of rotatable bonds is 6. The molecule has 2 heteroatoms. The van der Waals surface area contributed by atoms with E-state index in [1.54, 1.807) is 0 Å². The van der Waals surface area contributed by atoms with E-state index in [9.17, 15) is 0 Å². The van der Waals surface area contributed by atoms with Gasteiger partial charge in [-0.3, -0.25) is 0 Å². The molecule has 1 rings (SSSR count). The smallest absolute Gasteiger partial charge is 0.0386 e. The van der Waals surface area contributed by atoms with E-state index in [-0.39, 0.29) is 0 Å². The predicted octanol–water partition coefficient (Wildman–Crippen LogP) is 3.29. The number of hydrogen-bond acceptors (Lipinski definition) is 2. The highest BCUT2D eigenvalue weighted by atomic mass is 15.1. The number of nitrogen functional groups attached to an aromatic ring is 1. The lowest BCUT2D eigenvalue weighted by atomic mass is 10.2. The lowest BCUT2D eigenvalue weighted by Gasteiger charge is -2.24. The van der Waals surface area contributed by atoms with Gasteiger partial charge < -0.3 is 10.6 Å². The maximum atomic E-state index is 5.79. The molecule has 0 aliphatic carbocycles. The van der Waals surface area contributed by atoms with Gasteiger partial charge >= 0.3 is 0 Å². The number of nitrogens with two attached hydrogens (primary N) is 1. The average molecular weight is 206 g/mol. The minimum atomic E-state index is 0.852. The van der Waals surface area contributed by atoms with Crippen molar-refractivity contribution in [1.29, 1.82) is 0 Å². The van der Waals surface area contributed by atoms with Crippen LogP contribution in [0.4, 0.5) is 11.4 Å². The first-order chi connectivity index (χ1) is 7.27. The second-order valence-electron chi connectivity index (χ2n) is 3.94. The molecule has 0 heterocycles. The Kier molecular flexibility index (Phi) is 5.02. The third-order valence-corrected chi connectivity index (χ3v) is 2.51. The van der Waals surface area contributed by atoms with Crippen LogP contribution in [0.5, 0.6) is 0 Å². The molecule has 0 aromatic heterocycles. The SMILES string of the molecule is CCCCN(CCC)c1cccc(N)c1. The molecule has 0 saturated heterocycles. The summed E-state index contributed by atoms with van der Waals surface area (Å²) in [6.07, 6.45) is 3.66. The highest BCUT2D eigenvalue weighted by Crippen LogP contribution is 2.18. The largest absolute Gasteiger partial charge is 0.399 e. The summed E-state index contributed by atoms with van der Waals surface area (Å²) in [5.41, 5.74) is 7.90. The van der Waals surface area contributed by atoms with Crippen LogP contribution in [0.1, 0.15) is 33.1 Å². The molecular formula is C13H22N2. The molecule has 0 atom stereocenters. The number of unbranched alkanes of at least 4 members (excludes halogenated alkanes) is 1. The molecule has 0 aliphatic rings. The first kappa shape index (κ1) is 11.9. The Morgan fingerprint density at radius 2 is 1.93 bits per heavy atom. The summed E-state index contributed by atoms with van der Waals surface area (Å²) in [5, 5.41) is 0. The summed E-state index contributed by atoms with van der Waals surface area (Å²) in [6, 6.07) is 8.17. The molecule has 84 valence electrons. The highest BCUT2D eigenvalue weighted by Gasteiger charge is 2.04. The zero-order chi connectivity index (χ0) is 11.1. The fourth-order valence-corrected chi connectivity index (χ4v) is 1.71. The molecule has 2 nitrogen and oxygen atoms in total. The van der Waals surface area contributed by atoms with Gasteiger partial charge in [-0.15, -0.1) is 0 Å². The van der Waals surface area contributed by atoms with Crippen molar-refractivity contribution in [3.05, 3.63) is 24.3 Å². The lowest BCUT2D eigenvalue weighted by Crippen LogP contribution is -2.25. The topological polar surface area (TPSA) is 29.3 Å². The summed E-state index contributed by atoms with van der Waals surface area (Å²) < 4.78 is 0. The van der Waals surface area contributed by atoms with E-state index >= 15 is 0 Å². The van der Waals surface area contributed by atoms with Crippen LogP contribution >= 0.6 is 0 Å². The standard InChI is InChI=1S/C13H22N2/c1-3-5-10-15(9-4-2)13-8-6-7-12(14)11-13/h6-8,11H,3-5,9-10,14H2,1-2H3. The molecule has 0 fully saturated rings. The van der Waals surface area contributed by atoms with Crippen LogP contribution in [0.25, 0.3) is 0 Å². The van der Waals surface area contributed by atoms with E-state index < -0.39 is 0 Å². The van der Waals surface area contributed by atoms with Crippen molar-refractivity contribution in [2.75, 3.05) is 23.7 Å². The van der Waals surface area contributed by atoms with Crippen molar-refractivity contribution in [2.24, 2.45) is 0 Å².